The third-order valence-corrected chi connectivity index (χ3v) is 6.13. The van der Waals surface area contributed by atoms with Crippen molar-refractivity contribution in [2.45, 2.75) is 24.7 Å². The molecule has 2 aromatic rings. The predicted octanol–water partition coefficient (Wildman–Crippen LogP) is 3.15. The Kier molecular flexibility index (Phi) is 4.41. The number of hydrogen-bond donors (Lipinski definition) is 0. The molecular weight excluding hydrogens is 326 g/mol. The lowest BCUT2D eigenvalue weighted by molar-refractivity contribution is 0.411. The van der Waals surface area contributed by atoms with Crippen molar-refractivity contribution < 1.29 is 17.9 Å². The molecule has 1 aliphatic rings. The molecule has 5 nitrogen and oxygen atoms in total. The molecule has 2 aromatic carbocycles. The molecule has 0 saturated carbocycles. The number of hydrogen-bond acceptors (Lipinski definition) is 4. The van der Waals surface area contributed by atoms with Gasteiger partial charge in [-0.2, -0.15) is 0 Å². The summed E-state index contributed by atoms with van der Waals surface area (Å²) in [6, 6.07) is 10.5. The Balaban J connectivity index is 2.07. The van der Waals surface area contributed by atoms with Crippen LogP contribution in [0.1, 0.15) is 17.5 Å². The van der Waals surface area contributed by atoms with Crippen LogP contribution in [0.3, 0.4) is 0 Å². The number of anilines is 1. The third-order valence-electron chi connectivity index (χ3n) is 4.32. The van der Waals surface area contributed by atoms with E-state index in [0.29, 0.717) is 23.7 Å². The first kappa shape index (κ1) is 16.6. The number of nitrogens with zero attached hydrogens (tertiary/aromatic N) is 1. The predicted molar refractivity (Wildman–Crippen MR) is 93.6 cm³/mol. The molecule has 128 valence electrons. The van der Waals surface area contributed by atoms with E-state index in [1.165, 1.54) is 4.31 Å². The van der Waals surface area contributed by atoms with Crippen molar-refractivity contribution in [1.29, 1.82) is 0 Å². The molecule has 0 aromatic heterocycles. The van der Waals surface area contributed by atoms with E-state index in [1.807, 2.05) is 19.1 Å². The van der Waals surface area contributed by atoms with Gasteiger partial charge < -0.3 is 9.47 Å². The van der Waals surface area contributed by atoms with Crippen LogP contribution in [0.15, 0.2) is 41.3 Å². The van der Waals surface area contributed by atoms with Crippen molar-refractivity contribution in [1.82, 2.24) is 0 Å². The van der Waals surface area contributed by atoms with E-state index in [-0.39, 0.29) is 4.90 Å². The summed E-state index contributed by atoms with van der Waals surface area (Å²) in [6.07, 6.45) is 1.67. The monoisotopic (exact) mass is 347 g/mol. The topological polar surface area (TPSA) is 55.8 Å². The van der Waals surface area contributed by atoms with Crippen LogP contribution in [0.4, 0.5) is 5.69 Å². The van der Waals surface area contributed by atoms with Crippen molar-refractivity contribution >= 4 is 15.7 Å². The molecule has 0 bridgehead atoms. The van der Waals surface area contributed by atoms with Crippen molar-refractivity contribution in [2.24, 2.45) is 0 Å². The van der Waals surface area contributed by atoms with Crippen LogP contribution in [0, 0.1) is 6.92 Å². The van der Waals surface area contributed by atoms with Gasteiger partial charge in [-0.3, -0.25) is 4.31 Å². The molecular formula is C18H21NO4S. The molecule has 0 N–H and O–H groups in total. The number of methoxy groups -OCH3 is 2. The zero-order valence-corrected chi connectivity index (χ0v) is 14.9. The van der Waals surface area contributed by atoms with E-state index in [0.717, 1.165) is 24.0 Å². The highest BCUT2D eigenvalue weighted by molar-refractivity contribution is 7.92. The fourth-order valence-electron chi connectivity index (χ4n) is 3.04. The zero-order chi connectivity index (χ0) is 17.3. The Morgan fingerprint density at radius 2 is 1.83 bits per heavy atom. The van der Waals surface area contributed by atoms with Crippen LogP contribution in [0.2, 0.25) is 0 Å². The largest absolute Gasteiger partial charge is 0.497 e. The van der Waals surface area contributed by atoms with E-state index < -0.39 is 10.0 Å². The van der Waals surface area contributed by atoms with Gasteiger partial charge in [0.25, 0.3) is 10.0 Å². The highest BCUT2D eigenvalue weighted by Crippen LogP contribution is 2.35. The van der Waals surface area contributed by atoms with Gasteiger partial charge in [-0.25, -0.2) is 8.42 Å². The maximum absolute atomic E-state index is 13.1. The zero-order valence-electron chi connectivity index (χ0n) is 14.1. The number of ether oxygens (including phenoxy) is 2. The average Bonchev–Trinajstić information content (AvgIpc) is 2.60. The summed E-state index contributed by atoms with van der Waals surface area (Å²) in [6.45, 7) is 2.30. The highest BCUT2D eigenvalue weighted by atomic mass is 32.2. The molecule has 0 saturated heterocycles. The summed E-state index contributed by atoms with van der Waals surface area (Å²) < 4.78 is 38.3. The van der Waals surface area contributed by atoms with Crippen molar-refractivity contribution in [3.05, 3.63) is 47.5 Å². The van der Waals surface area contributed by atoms with Crippen LogP contribution < -0.4 is 13.8 Å². The normalized spacial score (nSPS) is 14.2. The van der Waals surface area contributed by atoms with Gasteiger partial charge in [0.1, 0.15) is 11.5 Å². The minimum Gasteiger partial charge on any atom is -0.497 e. The molecule has 3 rings (SSSR count). The molecule has 0 spiro atoms. The van der Waals surface area contributed by atoms with Gasteiger partial charge in [0.05, 0.1) is 24.8 Å². The summed E-state index contributed by atoms with van der Waals surface area (Å²) in [5.74, 6) is 1.33. The molecule has 24 heavy (non-hydrogen) atoms. The first-order chi connectivity index (χ1) is 11.5. The third kappa shape index (κ3) is 2.82. The average molecular weight is 347 g/mol. The number of rotatable bonds is 4. The summed E-state index contributed by atoms with van der Waals surface area (Å²) in [4.78, 5) is 0.275. The lowest BCUT2D eigenvalue weighted by Crippen LogP contribution is -2.35. The van der Waals surface area contributed by atoms with Crippen LogP contribution in [-0.2, 0) is 16.4 Å². The van der Waals surface area contributed by atoms with Crippen LogP contribution >= 0.6 is 0 Å². The SMILES string of the molecule is COc1ccc2c(c1)N(S(=O)(=O)c1ccc(OC)c(C)c1)CCC2. The van der Waals surface area contributed by atoms with E-state index in [2.05, 4.69) is 0 Å². The molecule has 0 atom stereocenters. The van der Waals surface area contributed by atoms with Crippen LogP contribution in [0.25, 0.3) is 0 Å². The number of fused-ring (bicyclic) bond motifs is 1. The second kappa shape index (κ2) is 6.36. The van der Waals surface area contributed by atoms with Crippen molar-refractivity contribution in [2.75, 3.05) is 25.1 Å². The minimum absolute atomic E-state index is 0.275. The van der Waals surface area contributed by atoms with Crippen molar-refractivity contribution in [3.8, 4) is 11.5 Å². The van der Waals surface area contributed by atoms with E-state index in [4.69, 9.17) is 9.47 Å². The van der Waals surface area contributed by atoms with E-state index in [1.54, 1.807) is 38.5 Å². The summed E-state index contributed by atoms with van der Waals surface area (Å²) in [5.41, 5.74) is 2.52. The Morgan fingerprint density at radius 3 is 2.50 bits per heavy atom. The molecule has 0 radical (unpaired) electrons. The van der Waals surface area contributed by atoms with E-state index in [9.17, 15) is 8.42 Å². The quantitative estimate of drug-likeness (QED) is 0.852. The maximum atomic E-state index is 13.1. The Morgan fingerprint density at radius 1 is 1.04 bits per heavy atom. The molecule has 6 heteroatoms. The van der Waals surface area contributed by atoms with Gasteiger partial charge in [-0.15, -0.1) is 0 Å². The number of sulfonamides is 1. The smallest absolute Gasteiger partial charge is 0.264 e. The Hall–Kier alpha value is -2.21. The lowest BCUT2D eigenvalue weighted by Gasteiger charge is -2.31. The standard InChI is InChI=1S/C18H21NO4S/c1-13-11-16(8-9-18(13)23-3)24(20,21)19-10-4-5-14-6-7-15(22-2)12-17(14)19/h6-9,11-12H,4-5,10H2,1-3H3. The van der Waals surface area contributed by atoms with Crippen molar-refractivity contribution in [3.63, 3.8) is 0 Å². The van der Waals surface area contributed by atoms with Gasteiger partial charge in [-0.05, 0) is 55.2 Å². The second-order valence-corrected chi connectivity index (χ2v) is 7.67. The summed E-state index contributed by atoms with van der Waals surface area (Å²) >= 11 is 0. The van der Waals surface area contributed by atoms with Gasteiger partial charge in [0.15, 0.2) is 0 Å². The van der Waals surface area contributed by atoms with E-state index >= 15 is 0 Å². The molecule has 0 amide bonds. The Labute approximate surface area is 142 Å². The van der Waals surface area contributed by atoms with Gasteiger partial charge in [0.2, 0.25) is 0 Å². The molecule has 0 fully saturated rings. The maximum Gasteiger partial charge on any atom is 0.264 e. The molecule has 0 aliphatic carbocycles. The molecule has 1 heterocycles. The Bertz CT molecular complexity index is 861. The second-order valence-electron chi connectivity index (χ2n) is 5.81. The summed E-state index contributed by atoms with van der Waals surface area (Å²) in [7, 11) is -0.473. The molecule has 1 aliphatic heterocycles. The highest BCUT2D eigenvalue weighted by Gasteiger charge is 2.29. The minimum atomic E-state index is -3.63. The lowest BCUT2D eigenvalue weighted by atomic mass is 10.0. The number of benzene rings is 2. The van der Waals surface area contributed by atoms with Gasteiger partial charge in [-0.1, -0.05) is 6.07 Å². The molecule has 0 unspecified atom stereocenters. The first-order valence-corrected chi connectivity index (χ1v) is 9.25. The van der Waals surface area contributed by atoms with Gasteiger partial charge >= 0.3 is 0 Å². The fraction of sp³-hybridized carbons (Fsp3) is 0.333. The summed E-state index contributed by atoms with van der Waals surface area (Å²) in [5, 5.41) is 0. The first-order valence-electron chi connectivity index (χ1n) is 7.81. The van der Waals surface area contributed by atoms with Crippen LogP contribution in [0.5, 0.6) is 11.5 Å². The number of aryl methyl sites for hydroxylation is 2. The van der Waals surface area contributed by atoms with Crippen LogP contribution in [-0.4, -0.2) is 29.2 Å². The van der Waals surface area contributed by atoms with Gasteiger partial charge in [0, 0.05) is 12.6 Å². The fourth-order valence-corrected chi connectivity index (χ4v) is 4.65.